The van der Waals surface area contributed by atoms with Gasteiger partial charge in [-0.15, -0.1) is 0 Å². The average Bonchev–Trinajstić information content (AvgIpc) is 3.31. The molecule has 10 unspecified atom stereocenters. The smallest absolute Gasteiger partial charge is 0.312 e. The van der Waals surface area contributed by atoms with Crippen molar-refractivity contribution in [2.75, 3.05) is 26.4 Å². The van der Waals surface area contributed by atoms with Crippen molar-refractivity contribution in [1.29, 1.82) is 0 Å². The maximum absolute atomic E-state index is 13.8. The highest BCUT2D eigenvalue weighted by Gasteiger charge is 2.59. The van der Waals surface area contributed by atoms with Crippen molar-refractivity contribution < 1.29 is 38.7 Å². The number of fused-ring (bicyclic) bond motifs is 6. The number of aliphatic hydroxyl groups is 2. The number of allylic oxidation sites excluding steroid dienone is 8. The highest BCUT2D eigenvalue weighted by Crippen LogP contribution is 2.64. The number of hydrogen-bond donors (Lipinski definition) is 2. The van der Waals surface area contributed by atoms with E-state index in [0.29, 0.717) is 35.2 Å². The van der Waals surface area contributed by atoms with Gasteiger partial charge in [-0.3, -0.25) is 9.59 Å². The summed E-state index contributed by atoms with van der Waals surface area (Å²) in [5.41, 5.74) is 4.99. The average molecular weight is 936 g/mol. The third kappa shape index (κ3) is 10.3. The van der Waals surface area contributed by atoms with E-state index < -0.39 is 23.0 Å². The second kappa shape index (κ2) is 20.3. The molecule has 8 rings (SSSR count). The van der Waals surface area contributed by atoms with Crippen LogP contribution >= 0.6 is 0 Å². The predicted molar refractivity (Wildman–Crippen MR) is 267 cm³/mol. The first-order valence-electron chi connectivity index (χ1n) is 25.6. The minimum Gasteiger partial charge on any atom is -0.491 e. The summed E-state index contributed by atoms with van der Waals surface area (Å²) < 4.78 is 23.6. The minimum absolute atomic E-state index is 0.0231. The number of carbonyl (C=O) groups excluding carboxylic acids is 2. The lowest BCUT2D eigenvalue weighted by atomic mass is 9.47. The molecule has 0 radical (unpaired) electrons. The molecule has 67 heavy (non-hydrogen) atoms. The van der Waals surface area contributed by atoms with Crippen LogP contribution in [0.3, 0.4) is 0 Å². The molecule has 0 bridgehead atoms. The summed E-state index contributed by atoms with van der Waals surface area (Å²) in [4.78, 5) is 29.8. The van der Waals surface area contributed by atoms with Gasteiger partial charge in [0, 0.05) is 11.8 Å². The van der Waals surface area contributed by atoms with Gasteiger partial charge in [0.25, 0.3) is 0 Å². The number of carbonyl (C=O) groups is 2. The van der Waals surface area contributed by atoms with Crippen molar-refractivity contribution >= 4 is 23.7 Å². The van der Waals surface area contributed by atoms with Crippen molar-refractivity contribution in [3.63, 3.8) is 0 Å². The summed E-state index contributed by atoms with van der Waals surface area (Å²) in [5, 5.41) is 21.6. The Morgan fingerprint density at radius 2 is 0.985 bits per heavy atom. The van der Waals surface area contributed by atoms with Crippen molar-refractivity contribution in [2.24, 2.45) is 57.2 Å². The van der Waals surface area contributed by atoms with E-state index in [9.17, 15) is 19.8 Å². The third-order valence-electron chi connectivity index (χ3n) is 17.7. The number of aliphatic hydroxyl groups excluding tert-OH is 2. The van der Waals surface area contributed by atoms with Crippen LogP contribution in [0.2, 0.25) is 0 Å². The molecule has 0 spiro atoms. The van der Waals surface area contributed by atoms with Crippen LogP contribution in [-0.4, -0.2) is 60.8 Å². The van der Waals surface area contributed by atoms with Gasteiger partial charge in [-0.1, -0.05) is 89.8 Å². The molecule has 0 aromatic heterocycles. The Bertz CT molecular complexity index is 2070. The van der Waals surface area contributed by atoms with E-state index >= 15 is 0 Å². The molecule has 364 valence electrons. The molecule has 6 aliphatic carbocycles. The van der Waals surface area contributed by atoms with Crippen molar-refractivity contribution in [3.05, 3.63) is 95.1 Å². The molecule has 10 atom stereocenters. The lowest BCUT2D eigenvalue weighted by Crippen LogP contribution is -2.53. The van der Waals surface area contributed by atoms with Crippen molar-refractivity contribution in [3.8, 4) is 11.5 Å². The van der Waals surface area contributed by atoms with Gasteiger partial charge in [0.05, 0.1) is 10.8 Å². The fourth-order valence-corrected chi connectivity index (χ4v) is 14.6. The standard InChI is InChI=1S/C58H78O8S/c1-37(2)39-11-23-49-41(31-39)13-25-51-55(49,5)27-9-29-57(51,7)53(61)65-35-43(59)33-63-45-15-19-47(20-16-45)67-48-21-17-46(18-22-48)64-34-44(60)36-66-54(62)58(8)30-10-28-56(6)50-24-12-40(38(3)4)32-42(50)14-26-52(56)58/h13-22,31-32,37-38,43-44,49-52,59-60H,9-12,23-30,33-36H2,1-8H3/p+1. The molecule has 6 aliphatic rings. The molecule has 8 nitrogen and oxygen atoms in total. The van der Waals surface area contributed by atoms with Crippen LogP contribution in [0.4, 0.5) is 0 Å². The van der Waals surface area contributed by atoms with Gasteiger partial charge in [-0.05, 0) is 184 Å². The fraction of sp³-hybridized carbons (Fsp3) is 0.621. The Labute approximate surface area is 405 Å². The van der Waals surface area contributed by atoms with Gasteiger partial charge >= 0.3 is 11.9 Å². The highest BCUT2D eigenvalue weighted by atomic mass is 32.2. The lowest BCUT2D eigenvalue weighted by molar-refractivity contribution is -0.173. The Hall–Kier alpha value is -3.79. The molecule has 0 saturated heterocycles. The van der Waals surface area contributed by atoms with Crippen LogP contribution in [-0.2, 0) is 30.8 Å². The topological polar surface area (TPSA) is 112 Å². The molecule has 2 aromatic carbocycles. The molecule has 2 aromatic rings. The van der Waals surface area contributed by atoms with Crippen molar-refractivity contribution in [1.82, 2.24) is 0 Å². The number of benzene rings is 2. The van der Waals surface area contributed by atoms with E-state index in [4.69, 9.17) is 18.9 Å². The van der Waals surface area contributed by atoms with E-state index in [1.165, 1.54) is 11.1 Å². The maximum Gasteiger partial charge on any atom is 0.312 e. The van der Waals surface area contributed by atoms with Crippen LogP contribution in [0, 0.1) is 57.2 Å². The summed E-state index contributed by atoms with van der Waals surface area (Å²) in [6.45, 7) is 18.0. The first kappa shape index (κ1) is 49.6. The maximum atomic E-state index is 13.8. The zero-order valence-electron chi connectivity index (χ0n) is 41.7. The van der Waals surface area contributed by atoms with Crippen molar-refractivity contribution in [2.45, 2.75) is 154 Å². The Balaban J connectivity index is 0.751. The molecule has 9 heteroatoms. The van der Waals surface area contributed by atoms with Gasteiger partial charge in [-0.2, -0.15) is 0 Å². The number of hydrogen-bond acceptors (Lipinski definition) is 8. The molecule has 2 saturated carbocycles. The van der Waals surface area contributed by atoms with Crippen LogP contribution in [0.15, 0.2) is 105 Å². The number of ether oxygens (including phenoxy) is 4. The first-order valence-corrected chi connectivity index (χ1v) is 26.5. The number of thiol groups is 1. The van der Waals surface area contributed by atoms with Gasteiger partial charge in [0.1, 0.15) is 50.1 Å². The SMILES string of the molecule is CC(C)C1=CC2=CCC3C(C)(C(=O)OCC(O)COc4ccc([SH+]c5ccc(OCC(O)COC(=O)C6(C)CCCC7(C)C8CCC(C(C)C)=CC8=CCC67)cc5)cc4)CCCC3(C)C2CC1. The van der Waals surface area contributed by atoms with Crippen LogP contribution in [0.1, 0.15) is 132 Å². The van der Waals surface area contributed by atoms with E-state index in [-0.39, 0.29) is 61.0 Å². The quantitative estimate of drug-likeness (QED) is 0.0973. The Morgan fingerprint density at radius 1 is 0.597 bits per heavy atom. The summed E-state index contributed by atoms with van der Waals surface area (Å²) in [6, 6.07) is 15.5. The fourth-order valence-electron chi connectivity index (χ4n) is 13.7. The van der Waals surface area contributed by atoms with Gasteiger partial charge in [0.2, 0.25) is 0 Å². The van der Waals surface area contributed by atoms with Crippen LogP contribution < -0.4 is 9.47 Å². The zero-order chi connectivity index (χ0) is 47.7. The zero-order valence-corrected chi connectivity index (χ0v) is 42.5. The Kier molecular flexibility index (Phi) is 15.0. The third-order valence-corrected chi connectivity index (χ3v) is 18.8. The van der Waals surface area contributed by atoms with Gasteiger partial charge < -0.3 is 29.2 Å². The monoisotopic (exact) mass is 936 g/mol. The van der Waals surface area contributed by atoms with E-state index in [0.717, 1.165) is 98.6 Å². The predicted octanol–water partition coefficient (Wildman–Crippen LogP) is 11.8. The minimum atomic E-state index is -0.939. The van der Waals surface area contributed by atoms with E-state index in [1.807, 2.05) is 48.5 Å². The summed E-state index contributed by atoms with van der Waals surface area (Å²) >= 11 is 1.00. The lowest BCUT2D eigenvalue weighted by Gasteiger charge is -2.57. The van der Waals surface area contributed by atoms with Gasteiger partial charge in [0.15, 0.2) is 9.79 Å². The molecule has 2 fully saturated rings. The summed E-state index contributed by atoms with van der Waals surface area (Å²) in [7, 11) is 0. The molecular weight excluding hydrogens is 857 g/mol. The summed E-state index contributed by atoms with van der Waals surface area (Å²) in [5.74, 6) is 3.39. The second-order valence-corrected chi connectivity index (χ2v) is 24.0. The summed E-state index contributed by atoms with van der Waals surface area (Å²) in [6.07, 6.45) is 20.1. The second-order valence-electron chi connectivity index (χ2n) is 22.7. The molecule has 0 amide bonds. The first-order chi connectivity index (χ1) is 31.9. The largest absolute Gasteiger partial charge is 0.491 e. The number of rotatable bonds is 16. The highest BCUT2D eigenvalue weighted by molar-refractivity contribution is 7.78. The van der Waals surface area contributed by atoms with Crippen LogP contribution in [0.5, 0.6) is 11.5 Å². The van der Waals surface area contributed by atoms with Gasteiger partial charge in [-0.25, -0.2) is 0 Å². The normalized spacial score (nSPS) is 32.2. The van der Waals surface area contributed by atoms with E-state index in [1.54, 1.807) is 11.1 Å². The molecule has 0 heterocycles. The Morgan fingerprint density at radius 3 is 1.36 bits per heavy atom. The molecule has 2 N–H and O–H groups in total. The number of esters is 2. The van der Waals surface area contributed by atoms with E-state index in [2.05, 4.69) is 79.7 Å². The van der Waals surface area contributed by atoms with Crippen LogP contribution in [0.25, 0.3) is 0 Å². The molecular formula is C58H79O8S+. The molecule has 0 aliphatic heterocycles.